The van der Waals surface area contributed by atoms with Gasteiger partial charge < -0.3 is 5.11 Å². The Morgan fingerprint density at radius 3 is 2.70 bits per heavy atom. The zero-order valence-corrected chi connectivity index (χ0v) is 12.1. The molecule has 0 aliphatic rings. The number of hydrogen-bond donors (Lipinski definition) is 1. The second-order valence-electron chi connectivity index (χ2n) is 5.57. The molecule has 4 nitrogen and oxygen atoms in total. The maximum absolute atomic E-state index is 11.1. The van der Waals surface area contributed by atoms with E-state index in [4.69, 9.17) is 5.11 Å². The molecule has 2 aromatic rings. The molecule has 1 aromatic heterocycles. The number of hydrogen-bond acceptors (Lipinski definition) is 2. The summed E-state index contributed by atoms with van der Waals surface area (Å²) < 4.78 is 1.80. The second-order valence-corrected chi connectivity index (χ2v) is 5.57. The predicted octanol–water partition coefficient (Wildman–Crippen LogP) is 3.14. The number of carbonyl (C=O) groups is 1. The fraction of sp³-hybridized carbons (Fsp3) is 0.375. The van der Waals surface area contributed by atoms with Crippen molar-refractivity contribution in [3.8, 4) is 0 Å². The van der Waals surface area contributed by atoms with Crippen molar-refractivity contribution in [2.45, 2.75) is 33.7 Å². The quantitative estimate of drug-likeness (QED) is 0.909. The smallest absolute Gasteiger partial charge is 0.356 e. The monoisotopic (exact) mass is 272 g/mol. The van der Waals surface area contributed by atoms with Crippen LogP contribution in [-0.4, -0.2) is 20.9 Å². The Morgan fingerprint density at radius 1 is 1.35 bits per heavy atom. The van der Waals surface area contributed by atoms with Gasteiger partial charge in [0.05, 0.1) is 6.54 Å². The molecule has 0 spiro atoms. The lowest BCUT2D eigenvalue weighted by molar-refractivity contribution is 0.0689. The van der Waals surface area contributed by atoms with E-state index < -0.39 is 5.97 Å². The van der Waals surface area contributed by atoms with Crippen molar-refractivity contribution in [1.82, 2.24) is 9.78 Å². The zero-order chi connectivity index (χ0) is 14.7. The third kappa shape index (κ3) is 3.47. The molecule has 2 rings (SSSR count). The molecule has 0 unspecified atom stereocenters. The van der Waals surface area contributed by atoms with Crippen LogP contribution in [0.4, 0.5) is 0 Å². The molecule has 0 bridgehead atoms. The maximum Gasteiger partial charge on any atom is 0.356 e. The van der Waals surface area contributed by atoms with Gasteiger partial charge in [-0.15, -0.1) is 0 Å². The average molecular weight is 272 g/mol. The van der Waals surface area contributed by atoms with Gasteiger partial charge in [-0.05, 0) is 30.9 Å². The highest BCUT2D eigenvalue weighted by Gasteiger charge is 2.14. The Morgan fingerprint density at radius 2 is 2.10 bits per heavy atom. The van der Waals surface area contributed by atoms with E-state index in [1.807, 2.05) is 25.1 Å². The van der Waals surface area contributed by atoms with Crippen molar-refractivity contribution >= 4 is 5.97 Å². The lowest BCUT2D eigenvalue weighted by Crippen LogP contribution is -2.09. The van der Waals surface area contributed by atoms with E-state index in [9.17, 15) is 4.79 Å². The number of aryl methyl sites for hydroxylation is 1. The van der Waals surface area contributed by atoms with E-state index in [1.165, 1.54) is 5.56 Å². The minimum Gasteiger partial charge on any atom is -0.476 e. The molecule has 0 saturated heterocycles. The van der Waals surface area contributed by atoms with Gasteiger partial charge in [0, 0.05) is 5.69 Å². The molecular weight excluding hydrogens is 252 g/mol. The number of rotatable bonds is 5. The molecule has 0 atom stereocenters. The number of aromatic nitrogens is 2. The summed E-state index contributed by atoms with van der Waals surface area (Å²) in [4.78, 5) is 11.1. The highest BCUT2D eigenvalue weighted by Crippen LogP contribution is 2.14. The minimum atomic E-state index is -0.974. The minimum absolute atomic E-state index is 0.119. The summed E-state index contributed by atoms with van der Waals surface area (Å²) in [5.74, 6) is -0.511. The van der Waals surface area contributed by atoms with Crippen molar-refractivity contribution < 1.29 is 9.90 Å². The second kappa shape index (κ2) is 5.90. The van der Waals surface area contributed by atoms with Gasteiger partial charge in [0.25, 0.3) is 0 Å². The highest BCUT2D eigenvalue weighted by atomic mass is 16.4. The number of carboxylic acid groups (broad SMARTS) is 1. The van der Waals surface area contributed by atoms with E-state index in [0.29, 0.717) is 12.5 Å². The van der Waals surface area contributed by atoms with Crippen LogP contribution < -0.4 is 0 Å². The Kier molecular flexibility index (Phi) is 4.23. The Hall–Kier alpha value is -2.10. The molecule has 0 amide bonds. The van der Waals surface area contributed by atoms with E-state index in [2.05, 4.69) is 25.0 Å². The first-order valence-electron chi connectivity index (χ1n) is 6.81. The van der Waals surface area contributed by atoms with Gasteiger partial charge in [0.2, 0.25) is 0 Å². The van der Waals surface area contributed by atoms with Crippen molar-refractivity contribution in [1.29, 1.82) is 0 Å². The number of aromatic carboxylic acids is 1. The van der Waals surface area contributed by atoms with Gasteiger partial charge in [-0.2, -0.15) is 5.10 Å². The Labute approximate surface area is 119 Å². The zero-order valence-electron chi connectivity index (χ0n) is 12.1. The lowest BCUT2D eigenvalue weighted by Gasteiger charge is -2.09. The maximum atomic E-state index is 11.1. The standard InChI is InChI=1S/C16H20N2O2/c1-11(2)7-14-9-15(16(19)20)17-18(14)10-13-6-4-5-12(3)8-13/h4-6,8-9,11H,7,10H2,1-3H3,(H,19,20). The highest BCUT2D eigenvalue weighted by molar-refractivity contribution is 5.85. The van der Waals surface area contributed by atoms with Crippen LogP contribution in [0.15, 0.2) is 30.3 Å². The van der Waals surface area contributed by atoms with Crippen LogP contribution in [0, 0.1) is 12.8 Å². The molecule has 1 N–H and O–H groups in total. The van der Waals surface area contributed by atoms with Crippen LogP contribution in [0.3, 0.4) is 0 Å². The largest absolute Gasteiger partial charge is 0.476 e. The van der Waals surface area contributed by atoms with Gasteiger partial charge >= 0.3 is 5.97 Å². The molecule has 0 radical (unpaired) electrons. The van der Waals surface area contributed by atoms with Gasteiger partial charge in [-0.25, -0.2) is 4.79 Å². The SMILES string of the molecule is Cc1cccc(Cn2nc(C(=O)O)cc2CC(C)C)c1. The van der Waals surface area contributed by atoms with Crippen molar-refractivity contribution in [3.63, 3.8) is 0 Å². The third-order valence-electron chi connectivity index (χ3n) is 3.11. The van der Waals surface area contributed by atoms with E-state index in [1.54, 1.807) is 10.7 Å². The molecule has 0 aliphatic heterocycles. The topological polar surface area (TPSA) is 55.1 Å². The molecule has 4 heteroatoms. The van der Waals surface area contributed by atoms with Gasteiger partial charge in [-0.1, -0.05) is 43.7 Å². The molecule has 1 heterocycles. The summed E-state index contributed by atoms with van der Waals surface area (Å²) >= 11 is 0. The fourth-order valence-corrected chi connectivity index (χ4v) is 2.26. The summed E-state index contributed by atoms with van der Waals surface area (Å²) in [6.07, 6.45) is 0.825. The summed E-state index contributed by atoms with van der Waals surface area (Å²) in [5, 5.41) is 13.3. The van der Waals surface area contributed by atoms with E-state index in [-0.39, 0.29) is 5.69 Å². The fourth-order valence-electron chi connectivity index (χ4n) is 2.26. The van der Waals surface area contributed by atoms with Crippen LogP contribution >= 0.6 is 0 Å². The lowest BCUT2D eigenvalue weighted by atomic mass is 10.1. The van der Waals surface area contributed by atoms with Gasteiger partial charge in [0.1, 0.15) is 0 Å². The molecule has 1 aromatic carbocycles. The molecule has 0 aliphatic carbocycles. The average Bonchev–Trinajstić information content (AvgIpc) is 2.72. The summed E-state index contributed by atoms with van der Waals surface area (Å²) in [5.41, 5.74) is 3.42. The first-order chi connectivity index (χ1) is 9.45. The molecule has 106 valence electrons. The number of nitrogens with zero attached hydrogens (tertiary/aromatic N) is 2. The van der Waals surface area contributed by atoms with Crippen LogP contribution in [0.25, 0.3) is 0 Å². The van der Waals surface area contributed by atoms with E-state index in [0.717, 1.165) is 17.7 Å². The molecule has 0 fully saturated rings. The number of carboxylic acids is 1. The van der Waals surface area contributed by atoms with Crippen LogP contribution in [0.2, 0.25) is 0 Å². The van der Waals surface area contributed by atoms with E-state index >= 15 is 0 Å². The summed E-state index contributed by atoms with van der Waals surface area (Å²) in [6, 6.07) is 9.87. The molecular formula is C16H20N2O2. The molecule has 20 heavy (non-hydrogen) atoms. The van der Waals surface area contributed by atoms with Crippen LogP contribution in [0.1, 0.15) is 41.2 Å². The van der Waals surface area contributed by atoms with Crippen molar-refractivity contribution in [2.75, 3.05) is 0 Å². The van der Waals surface area contributed by atoms with Gasteiger partial charge in [-0.3, -0.25) is 4.68 Å². The Balaban J connectivity index is 2.31. The van der Waals surface area contributed by atoms with Crippen LogP contribution in [0.5, 0.6) is 0 Å². The van der Waals surface area contributed by atoms with Crippen molar-refractivity contribution in [3.05, 3.63) is 52.8 Å². The summed E-state index contributed by atoms with van der Waals surface area (Å²) in [6.45, 7) is 6.89. The normalized spacial score (nSPS) is 11.0. The first kappa shape index (κ1) is 14.3. The first-order valence-corrected chi connectivity index (χ1v) is 6.81. The summed E-state index contributed by atoms with van der Waals surface area (Å²) in [7, 11) is 0. The van der Waals surface area contributed by atoms with Crippen LogP contribution in [-0.2, 0) is 13.0 Å². The van der Waals surface area contributed by atoms with Gasteiger partial charge in [0.15, 0.2) is 5.69 Å². The number of benzene rings is 1. The Bertz CT molecular complexity index is 615. The molecule has 0 saturated carbocycles. The van der Waals surface area contributed by atoms with Crippen molar-refractivity contribution in [2.24, 2.45) is 5.92 Å². The predicted molar refractivity (Wildman–Crippen MR) is 78.0 cm³/mol. The third-order valence-corrected chi connectivity index (χ3v) is 3.11.